The highest BCUT2D eigenvalue weighted by Crippen LogP contribution is 2.40. The van der Waals surface area contributed by atoms with Gasteiger partial charge in [0.2, 0.25) is 11.6 Å². The number of nitrogens with zero attached hydrogens (tertiary/aromatic N) is 4. The van der Waals surface area contributed by atoms with Gasteiger partial charge in [0.15, 0.2) is 5.75 Å². The van der Waals surface area contributed by atoms with Crippen LogP contribution in [0.5, 0.6) is 11.5 Å². The Morgan fingerprint density at radius 3 is 2.57 bits per heavy atom. The minimum absolute atomic E-state index is 0.0346. The molecule has 0 aliphatic heterocycles. The number of phenolic OH excluding ortho intramolecular Hbond substituents is 2. The molecule has 0 fully saturated rings. The van der Waals surface area contributed by atoms with Crippen LogP contribution in [0.25, 0.3) is 22.8 Å². The van der Waals surface area contributed by atoms with Gasteiger partial charge in [-0.3, -0.25) is 15.0 Å². The number of hydrogen-bond donors (Lipinski definition) is 2. The van der Waals surface area contributed by atoms with Crippen LogP contribution in [-0.4, -0.2) is 32.4 Å². The molecule has 146 valence electrons. The lowest BCUT2D eigenvalue weighted by molar-refractivity contribution is -0.887. The Bertz CT molecular complexity index is 1120. The third-order valence-electron chi connectivity index (χ3n) is 4.06. The van der Waals surface area contributed by atoms with Gasteiger partial charge in [0, 0.05) is 17.7 Å². The Morgan fingerprint density at radius 1 is 1.29 bits per heavy atom. The minimum Gasteiger partial charge on any atom is -0.504 e. The number of pyridine rings is 1. The number of phenols is 2. The molecular formula is C16H13Cl2N4O6+. The van der Waals surface area contributed by atoms with Crippen LogP contribution >= 0.6 is 23.2 Å². The quantitative estimate of drug-likeness (QED) is 0.213. The van der Waals surface area contributed by atoms with Gasteiger partial charge in [-0.25, -0.2) is 0 Å². The van der Waals surface area contributed by atoms with Gasteiger partial charge >= 0.3 is 10.8 Å². The van der Waals surface area contributed by atoms with Crippen molar-refractivity contribution in [3.05, 3.63) is 43.7 Å². The summed E-state index contributed by atoms with van der Waals surface area (Å²) in [6.07, 6.45) is 0. The zero-order valence-corrected chi connectivity index (χ0v) is 16.2. The minimum atomic E-state index is -0.862. The summed E-state index contributed by atoms with van der Waals surface area (Å²) in [7, 11) is 1.41. The first-order valence-electron chi connectivity index (χ1n) is 7.66. The first-order chi connectivity index (χ1) is 13.2. The van der Waals surface area contributed by atoms with Crippen LogP contribution in [0.15, 0.2) is 16.7 Å². The van der Waals surface area contributed by atoms with Crippen molar-refractivity contribution in [2.75, 3.05) is 7.11 Å². The van der Waals surface area contributed by atoms with E-state index < -0.39 is 22.1 Å². The van der Waals surface area contributed by atoms with E-state index in [9.17, 15) is 20.3 Å². The molecule has 28 heavy (non-hydrogen) atoms. The second kappa shape index (κ2) is 7.13. The van der Waals surface area contributed by atoms with E-state index in [1.807, 2.05) is 0 Å². The van der Waals surface area contributed by atoms with Gasteiger partial charge in [0.05, 0.1) is 10.5 Å². The fraction of sp³-hybridized carbons (Fsp3) is 0.188. The number of nitro groups is 1. The summed E-state index contributed by atoms with van der Waals surface area (Å²) in [5.74, 6) is -1.64. The third kappa shape index (κ3) is 3.06. The highest BCUT2D eigenvalue weighted by Gasteiger charge is 2.30. The van der Waals surface area contributed by atoms with Crippen LogP contribution in [0.1, 0.15) is 11.3 Å². The normalized spacial score (nSPS) is 10.9. The van der Waals surface area contributed by atoms with Crippen LogP contribution in [0.4, 0.5) is 5.69 Å². The Labute approximate surface area is 167 Å². The number of rotatable bonds is 4. The van der Waals surface area contributed by atoms with Gasteiger partial charge < -0.3 is 14.7 Å². The van der Waals surface area contributed by atoms with Gasteiger partial charge in [-0.05, 0) is 30.2 Å². The number of nitro benzene ring substituents is 1. The molecule has 10 nitrogen and oxygen atoms in total. The lowest BCUT2D eigenvalue weighted by atomic mass is 10.1. The van der Waals surface area contributed by atoms with Crippen molar-refractivity contribution < 1.29 is 29.2 Å². The van der Waals surface area contributed by atoms with Crippen molar-refractivity contribution in [3.63, 3.8) is 0 Å². The maximum absolute atomic E-state index is 11.0. The predicted molar refractivity (Wildman–Crippen MR) is 97.3 cm³/mol. The summed E-state index contributed by atoms with van der Waals surface area (Å²) in [5, 5.41) is 34.7. The Balaban J connectivity index is 2.17. The molecule has 3 rings (SSSR count). The molecule has 2 N–H and O–H groups in total. The lowest BCUT2D eigenvalue weighted by Gasteiger charge is -2.07. The zero-order valence-electron chi connectivity index (χ0n) is 14.7. The molecule has 0 atom stereocenters. The standard InChI is InChI=1S/C16H12Cl2N4O6/c1-6-11(14(18)21(27-3)7(2)12(6)17)15-19-16(28-20-15)8-4-9(22(25)26)13(24)10(23)5-8/h4-5H,1-3H3,(H-,19,20,23,24)/p+1. The summed E-state index contributed by atoms with van der Waals surface area (Å²) in [6, 6.07) is 2.06. The molecule has 0 saturated carbocycles. The number of aromatic nitrogens is 3. The summed E-state index contributed by atoms with van der Waals surface area (Å²) in [4.78, 5) is 19.6. The molecule has 0 radical (unpaired) electrons. The number of benzene rings is 1. The molecule has 0 aliphatic carbocycles. The van der Waals surface area contributed by atoms with Crippen molar-refractivity contribution in [1.82, 2.24) is 10.1 Å². The smallest absolute Gasteiger partial charge is 0.337 e. The Hall–Kier alpha value is -3.11. The van der Waals surface area contributed by atoms with E-state index in [1.54, 1.807) is 13.8 Å². The fourth-order valence-electron chi connectivity index (χ4n) is 2.66. The second-order valence-corrected chi connectivity index (χ2v) is 6.45. The average molecular weight is 428 g/mol. The summed E-state index contributed by atoms with van der Waals surface area (Å²) in [5.41, 5.74) is 0.807. The highest BCUT2D eigenvalue weighted by molar-refractivity contribution is 6.34. The molecule has 12 heteroatoms. The van der Waals surface area contributed by atoms with Gasteiger partial charge in [0.1, 0.15) is 17.7 Å². The van der Waals surface area contributed by atoms with Gasteiger partial charge in [-0.2, -0.15) is 4.98 Å². The number of hydrogen-bond acceptors (Lipinski definition) is 8. The van der Waals surface area contributed by atoms with Crippen LogP contribution in [-0.2, 0) is 0 Å². The summed E-state index contributed by atoms with van der Waals surface area (Å²) < 4.78 is 6.45. The van der Waals surface area contributed by atoms with Crippen molar-refractivity contribution in [3.8, 4) is 34.3 Å². The topological polar surface area (TPSA) is 136 Å². The molecule has 0 amide bonds. The number of halogens is 2. The number of aromatic hydroxyl groups is 2. The van der Waals surface area contributed by atoms with Gasteiger partial charge in [-0.15, -0.1) is 0 Å². The maximum atomic E-state index is 11.0. The van der Waals surface area contributed by atoms with E-state index in [2.05, 4.69) is 10.1 Å². The molecule has 0 unspecified atom stereocenters. The van der Waals surface area contributed by atoms with E-state index in [0.29, 0.717) is 21.8 Å². The Morgan fingerprint density at radius 2 is 1.96 bits per heavy atom. The molecule has 2 aromatic heterocycles. The van der Waals surface area contributed by atoms with E-state index in [-0.39, 0.29) is 22.4 Å². The molecule has 3 aromatic rings. The first kappa shape index (κ1) is 19.6. The molecule has 0 aliphatic rings. The fourth-order valence-corrected chi connectivity index (χ4v) is 3.25. The van der Waals surface area contributed by atoms with E-state index >= 15 is 0 Å². The van der Waals surface area contributed by atoms with E-state index in [0.717, 1.165) is 12.1 Å². The van der Waals surface area contributed by atoms with Crippen molar-refractivity contribution >= 4 is 28.9 Å². The molecule has 0 spiro atoms. The van der Waals surface area contributed by atoms with E-state index in [4.69, 9.17) is 32.6 Å². The molecule has 1 aromatic carbocycles. The SMILES string of the molecule is CO[n+]1c(C)c(Cl)c(C)c(-c2noc(-c3cc(O)c(O)c([N+](=O)[O-])c3)n2)c1Cl. The molecule has 0 saturated heterocycles. The largest absolute Gasteiger partial charge is 0.504 e. The van der Waals surface area contributed by atoms with Crippen LogP contribution in [0, 0.1) is 24.0 Å². The van der Waals surface area contributed by atoms with Crippen LogP contribution < -0.4 is 9.57 Å². The highest BCUT2D eigenvalue weighted by atomic mass is 35.5. The summed E-state index contributed by atoms with van der Waals surface area (Å²) >= 11 is 12.7. The molecule has 2 heterocycles. The van der Waals surface area contributed by atoms with Crippen LogP contribution in [0.2, 0.25) is 10.2 Å². The predicted octanol–water partition coefficient (Wildman–Crippen LogP) is 2.99. The molecular weight excluding hydrogens is 415 g/mol. The summed E-state index contributed by atoms with van der Waals surface area (Å²) in [6.45, 7) is 3.43. The third-order valence-corrected chi connectivity index (χ3v) is 4.96. The van der Waals surface area contributed by atoms with E-state index in [1.165, 1.54) is 11.8 Å². The van der Waals surface area contributed by atoms with Gasteiger partial charge in [-0.1, -0.05) is 16.8 Å². The van der Waals surface area contributed by atoms with Crippen molar-refractivity contribution in [2.45, 2.75) is 13.8 Å². The second-order valence-electron chi connectivity index (χ2n) is 5.71. The lowest BCUT2D eigenvalue weighted by Crippen LogP contribution is -2.45. The van der Waals surface area contributed by atoms with Crippen molar-refractivity contribution in [2.24, 2.45) is 0 Å². The maximum Gasteiger partial charge on any atom is 0.337 e. The van der Waals surface area contributed by atoms with Gasteiger partial charge in [0.25, 0.3) is 11.6 Å². The average Bonchev–Trinajstić information content (AvgIpc) is 3.12. The monoisotopic (exact) mass is 427 g/mol. The first-order valence-corrected chi connectivity index (χ1v) is 8.42. The van der Waals surface area contributed by atoms with Crippen molar-refractivity contribution in [1.29, 1.82) is 0 Å². The molecule has 0 bridgehead atoms. The zero-order chi connectivity index (χ0) is 20.7. The Kier molecular flexibility index (Phi) is 5.01. The van der Waals surface area contributed by atoms with Crippen LogP contribution in [0.3, 0.4) is 0 Å².